The first-order valence-electron chi connectivity index (χ1n) is 4.40. The highest BCUT2D eigenvalue weighted by atomic mass is 32.1. The Kier molecular flexibility index (Phi) is 2.69. The van der Waals surface area contributed by atoms with Crippen molar-refractivity contribution in [3.63, 3.8) is 0 Å². The van der Waals surface area contributed by atoms with Gasteiger partial charge in [0, 0.05) is 22.9 Å². The van der Waals surface area contributed by atoms with E-state index in [2.05, 4.69) is 14.9 Å². The summed E-state index contributed by atoms with van der Waals surface area (Å²) in [6.45, 7) is 0. The van der Waals surface area contributed by atoms with Crippen molar-refractivity contribution in [2.75, 3.05) is 16.8 Å². The lowest BCUT2D eigenvalue weighted by Gasteiger charge is -2.05. The lowest BCUT2D eigenvalue weighted by atomic mass is 10.1. The number of hydrogen-bond donors (Lipinski definition) is 3. The van der Waals surface area contributed by atoms with E-state index in [1.807, 2.05) is 0 Å². The Balaban J connectivity index is 2.21. The minimum Gasteiger partial charge on any atom is -0.399 e. The van der Waals surface area contributed by atoms with Crippen LogP contribution in [0.3, 0.4) is 0 Å². The number of nitrogens with zero attached hydrogens (tertiary/aromatic N) is 2. The number of rotatable bonds is 2. The molecule has 82 valence electrons. The zero-order valence-corrected chi connectivity index (χ0v) is 8.99. The third-order valence-electron chi connectivity index (χ3n) is 1.92. The van der Waals surface area contributed by atoms with Crippen LogP contribution in [0.5, 0.6) is 0 Å². The Bertz CT molecular complexity index is 511. The number of hydrogen-bond acceptors (Lipinski definition) is 6. The third-order valence-corrected chi connectivity index (χ3v) is 2.50. The smallest absolute Gasteiger partial charge is 0.258 e. The number of aromatic nitrogens is 2. The van der Waals surface area contributed by atoms with Crippen LogP contribution in [0.2, 0.25) is 0 Å². The van der Waals surface area contributed by atoms with Gasteiger partial charge in [0.1, 0.15) is 5.00 Å². The van der Waals surface area contributed by atoms with Crippen LogP contribution in [0, 0.1) is 0 Å². The lowest BCUT2D eigenvalue weighted by molar-refractivity contribution is 0.102. The van der Waals surface area contributed by atoms with Crippen molar-refractivity contribution in [3.05, 3.63) is 30.0 Å². The van der Waals surface area contributed by atoms with Crippen LogP contribution in [0.1, 0.15) is 10.4 Å². The molecule has 1 amide bonds. The number of carbonyl (C=O) groups excluding carboxylic acids is 1. The van der Waals surface area contributed by atoms with E-state index in [-0.39, 0.29) is 5.91 Å². The molecule has 0 fully saturated rings. The highest BCUT2D eigenvalue weighted by Gasteiger charge is 2.10. The van der Waals surface area contributed by atoms with Crippen LogP contribution in [0.4, 0.5) is 16.4 Å². The SMILES string of the molecule is Nc1ccc(C(=O)Nc2cnns2)c(N)c1. The minimum absolute atomic E-state index is 0.302. The molecular formula is C9H9N5OS. The molecule has 7 heteroatoms. The van der Waals surface area contributed by atoms with Crippen molar-refractivity contribution >= 4 is 33.8 Å². The van der Waals surface area contributed by atoms with E-state index in [9.17, 15) is 4.79 Å². The summed E-state index contributed by atoms with van der Waals surface area (Å²) < 4.78 is 3.63. The normalized spacial score (nSPS) is 10.0. The van der Waals surface area contributed by atoms with Gasteiger partial charge in [0.2, 0.25) is 0 Å². The van der Waals surface area contributed by atoms with Gasteiger partial charge >= 0.3 is 0 Å². The third kappa shape index (κ3) is 2.09. The molecule has 0 unspecified atom stereocenters. The lowest BCUT2D eigenvalue weighted by Crippen LogP contribution is -2.13. The standard InChI is InChI=1S/C9H9N5OS/c10-5-1-2-6(7(11)3-5)9(15)13-8-4-12-14-16-8/h1-4H,10-11H2,(H,13,15). The Morgan fingerprint density at radius 2 is 2.19 bits per heavy atom. The average Bonchev–Trinajstić information content (AvgIpc) is 2.70. The molecule has 0 aliphatic heterocycles. The van der Waals surface area contributed by atoms with E-state index >= 15 is 0 Å². The van der Waals surface area contributed by atoms with Crippen LogP contribution >= 0.6 is 11.5 Å². The predicted molar refractivity (Wildman–Crippen MR) is 63.1 cm³/mol. The summed E-state index contributed by atoms with van der Waals surface area (Å²) in [5.41, 5.74) is 12.5. The summed E-state index contributed by atoms with van der Waals surface area (Å²) >= 11 is 1.10. The Morgan fingerprint density at radius 1 is 1.38 bits per heavy atom. The fourth-order valence-electron chi connectivity index (χ4n) is 1.19. The second-order valence-corrected chi connectivity index (χ2v) is 3.87. The van der Waals surface area contributed by atoms with Crippen LogP contribution < -0.4 is 16.8 Å². The zero-order chi connectivity index (χ0) is 11.5. The second-order valence-electron chi connectivity index (χ2n) is 3.08. The van der Waals surface area contributed by atoms with Crippen LogP contribution in [-0.2, 0) is 0 Å². The number of nitrogens with one attached hydrogen (secondary N) is 1. The van der Waals surface area contributed by atoms with Gasteiger partial charge < -0.3 is 16.8 Å². The summed E-state index contributed by atoms with van der Waals surface area (Å²) in [5, 5.41) is 6.81. The quantitative estimate of drug-likeness (QED) is 0.672. The number of benzene rings is 1. The van der Waals surface area contributed by atoms with Crippen LogP contribution in [0.25, 0.3) is 0 Å². The molecule has 0 aliphatic rings. The Hall–Kier alpha value is -2.15. The second kappa shape index (κ2) is 4.15. The number of amides is 1. The van der Waals surface area contributed by atoms with Gasteiger partial charge in [0.05, 0.1) is 11.8 Å². The molecular weight excluding hydrogens is 226 g/mol. The molecule has 0 saturated heterocycles. The first-order chi connectivity index (χ1) is 7.66. The van der Waals surface area contributed by atoms with Gasteiger partial charge in [-0.05, 0) is 18.2 Å². The van der Waals surface area contributed by atoms with Gasteiger partial charge in [-0.15, -0.1) is 5.10 Å². The van der Waals surface area contributed by atoms with E-state index in [1.54, 1.807) is 18.2 Å². The first-order valence-corrected chi connectivity index (χ1v) is 5.18. The van der Waals surface area contributed by atoms with Gasteiger partial charge in [-0.1, -0.05) is 4.49 Å². The summed E-state index contributed by atoms with van der Waals surface area (Å²) in [4.78, 5) is 11.8. The van der Waals surface area contributed by atoms with Crippen molar-refractivity contribution in [1.29, 1.82) is 0 Å². The molecule has 16 heavy (non-hydrogen) atoms. The minimum atomic E-state index is -0.302. The van der Waals surface area contributed by atoms with Crippen molar-refractivity contribution in [2.45, 2.75) is 0 Å². The van der Waals surface area contributed by atoms with E-state index in [0.29, 0.717) is 21.9 Å². The Morgan fingerprint density at radius 3 is 2.81 bits per heavy atom. The highest BCUT2D eigenvalue weighted by Crippen LogP contribution is 2.18. The zero-order valence-electron chi connectivity index (χ0n) is 8.18. The van der Waals surface area contributed by atoms with Gasteiger partial charge in [-0.2, -0.15) is 0 Å². The van der Waals surface area contributed by atoms with Gasteiger partial charge in [-0.25, -0.2) is 0 Å². The van der Waals surface area contributed by atoms with Gasteiger partial charge in [0.15, 0.2) is 0 Å². The molecule has 0 atom stereocenters. The van der Waals surface area contributed by atoms with E-state index < -0.39 is 0 Å². The molecule has 0 aliphatic carbocycles. The maximum Gasteiger partial charge on any atom is 0.258 e. The summed E-state index contributed by atoms with van der Waals surface area (Å²) in [5.74, 6) is -0.302. The topological polar surface area (TPSA) is 107 Å². The average molecular weight is 235 g/mol. The van der Waals surface area contributed by atoms with E-state index in [1.165, 1.54) is 6.20 Å². The highest BCUT2D eigenvalue weighted by molar-refractivity contribution is 7.10. The summed E-state index contributed by atoms with van der Waals surface area (Å²) in [6.07, 6.45) is 1.47. The number of anilines is 3. The molecule has 1 heterocycles. The molecule has 1 aromatic carbocycles. The number of carbonyl (C=O) groups is 1. The maximum absolute atomic E-state index is 11.8. The molecule has 2 aromatic rings. The largest absolute Gasteiger partial charge is 0.399 e. The monoisotopic (exact) mass is 235 g/mol. The number of nitrogens with two attached hydrogens (primary N) is 2. The molecule has 1 aromatic heterocycles. The predicted octanol–water partition coefficient (Wildman–Crippen LogP) is 0.955. The van der Waals surface area contributed by atoms with Gasteiger partial charge in [-0.3, -0.25) is 4.79 Å². The molecule has 0 bridgehead atoms. The molecule has 6 nitrogen and oxygen atoms in total. The molecule has 5 N–H and O–H groups in total. The maximum atomic E-state index is 11.8. The molecule has 0 saturated carbocycles. The summed E-state index contributed by atoms with van der Waals surface area (Å²) in [6, 6.07) is 4.74. The van der Waals surface area contributed by atoms with Crippen LogP contribution in [-0.4, -0.2) is 15.5 Å². The van der Waals surface area contributed by atoms with Crippen molar-refractivity contribution in [1.82, 2.24) is 9.59 Å². The van der Waals surface area contributed by atoms with E-state index in [0.717, 1.165) is 11.5 Å². The number of nitrogen functional groups attached to an aromatic ring is 2. The molecule has 0 spiro atoms. The van der Waals surface area contributed by atoms with Crippen molar-refractivity contribution in [2.24, 2.45) is 0 Å². The van der Waals surface area contributed by atoms with E-state index in [4.69, 9.17) is 11.5 Å². The fourth-order valence-corrected chi connectivity index (χ4v) is 1.60. The van der Waals surface area contributed by atoms with Crippen molar-refractivity contribution in [3.8, 4) is 0 Å². The summed E-state index contributed by atoms with van der Waals surface area (Å²) in [7, 11) is 0. The van der Waals surface area contributed by atoms with Crippen molar-refractivity contribution < 1.29 is 4.79 Å². The van der Waals surface area contributed by atoms with Gasteiger partial charge in [0.25, 0.3) is 5.91 Å². The fraction of sp³-hybridized carbons (Fsp3) is 0. The first kappa shape index (κ1) is 10.4. The molecule has 0 radical (unpaired) electrons. The molecule has 2 rings (SSSR count). The Labute approximate surface area is 95.4 Å². The van der Waals surface area contributed by atoms with Crippen LogP contribution in [0.15, 0.2) is 24.4 Å².